The average Bonchev–Trinajstić information content (AvgIpc) is 3.92. The highest BCUT2D eigenvalue weighted by molar-refractivity contribution is 5.83. The number of imidazole rings is 2. The molecular formula is C38H48N6O2. The molecule has 0 bridgehead atoms. The molecule has 4 heterocycles. The summed E-state index contributed by atoms with van der Waals surface area (Å²) in [5.41, 5.74) is 3.73. The van der Waals surface area contributed by atoms with Crippen LogP contribution in [-0.4, -0.2) is 61.1 Å². The number of H-pyrrole nitrogens is 2. The third-order valence-electron chi connectivity index (χ3n) is 10.9. The second kappa shape index (κ2) is 14.4. The lowest BCUT2D eigenvalue weighted by atomic mass is 9.86. The van der Waals surface area contributed by atoms with Gasteiger partial charge in [-0.1, -0.05) is 56.6 Å². The smallest absolute Gasteiger partial charge is 0.223 e. The monoisotopic (exact) mass is 620 g/mol. The molecule has 0 radical (unpaired) electrons. The number of benzene rings is 1. The number of nitrogens with one attached hydrogen (secondary N) is 2. The number of likely N-dealkylation sites (tertiary alicyclic amines) is 2. The van der Waals surface area contributed by atoms with E-state index in [1.54, 1.807) is 0 Å². The van der Waals surface area contributed by atoms with Crippen molar-refractivity contribution in [3.63, 3.8) is 0 Å². The number of amides is 1. The molecule has 3 aromatic rings. The van der Waals surface area contributed by atoms with Crippen LogP contribution < -0.4 is 0 Å². The van der Waals surface area contributed by atoms with E-state index in [-0.39, 0.29) is 18.0 Å². The summed E-state index contributed by atoms with van der Waals surface area (Å²) in [4.78, 5) is 46.9. The maximum Gasteiger partial charge on any atom is 0.223 e. The Hall–Kier alpha value is -3.70. The van der Waals surface area contributed by atoms with Crippen LogP contribution in [0, 0.1) is 23.7 Å². The van der Waals surface area contributed by atoms with Gasteiger partial charge >= 0.3 is 0 Å². The fourth-order valence-corrected chi connectivity index (χ4v) is 8.28. The molecule has 1 amide bonds. The lowest BCUT2D eigenvalue weighted by molar-refractivity contribution is -0.133. The van der Waals surface area contributed by atoms with Crippen molar-refractivity contribution < 1.29 is 9.59 Å². The third-order valence-corrected chi connectivity index (χ3v) is 10.9. The Bertz CT molecular complexity index is 1550. The van der Waals surface area contributed by atoms with Gasteiger partial charge in [0.1, 0.15) is 23.1 Å². The van der Waals surface area contributed by atoms with E-state index in [2.05, 4.69) is 48.7 Å². The quantitative estimate of drug-likeness (QED) is 0.261. The first-order chi connectivity index (χ1) is 22.6. The average molecular weight is 621 g/mol. The standard InChI is InChI=1S/C38H48N6O2/c45-35(30-11-5-2-6-12-30)26-43-21-7-13-33(43)37-39-24-31(41-37)20-17-27-15-18-29(19-16-27)32-25-40-38(42-32)34-14-8-22-44(34)36(46)23-28-9-3-1-4-10-28/h15-16,18-19,24-25,28,30,33-34H,1-14,21-23,26H2,(H,39,41)(H,40,42)/t33-,34-/m0/s1. The molecule has 4 aliphatic rings. The van der Waals surface area contributed by atoms with Crippen molar-refractivity contribution in [3.8, 4) is 23.1 Å². The van der Waals surface area contributed by atoms with Gasteiger partial charge in [-0.3, -0.25) is 14.5 Å². The molecule has 4 fully saturated rings. The fourth-order valence-electron chi connectivity index (χ4n) is 8.28. The molecule has 8 heteroatoms. The maximum atomic E-state index is 13.2. The van der Waals surface area contributed by atoms with Crippen LogP contribution in [0.25, 0.3) is 11.3 Å². The number of aromatic amines is 2. The molecule has 2 aromatic heterocycles. The second-order valence-corrected chi connectivity index (χ2v) is 14.1. The van der Waals surface area contributed by atoms with E-state index in [1.165, 1.54) is 51.4 Å². The van der Waals surface area contributed by atoms with Crippen molar-refractivity contribution in [2.24, 2.45) is 11.8 Å². The summed E-state index contributed by atoms with van der Waals surface area (Å²) in [6, 6.07) is 8.41. The minimum absolute atomic E-state index is 0.0444. The van der Waals surface area contributed by atoms with Crippen molar-refractivity contribution >= 4 is 11.7 Å². The summed E-state index contributed by atoms with van der Waals surface area (Å²) >= 11 is 0. The number of hydrogen-bond acceptors (Lipinski definition) is 5. The van der Waals surface area contributed by atoms with Crippen LogP contribution in [0.1, 0.15) is 131 Å². The molecule has 0 unspecified atom stereocenters. The van der Waals surface area contributed by atoms with Crippen LogP contribution in [-0.2, 0) is 9.59 Å². The number of rotatable bonds is 8. The molecule has 7 rings (SSSR count). The first kappa shape index (κ1) is 30.9. The van der Waals surface area contributed by atoms with Crippen LogP contribution in [0.15, 0.2) is 36.7 Å². The van der Waals surface area contributed by atoms with Gasteiger partial charge in [0.15, 0.2) is 0 Å². The number of carbonyl (C=O) groups excluding carboxylic acids is 2. The second-order valence-electron chi connectivity index (χ2n) is 14.1. The van der Waals surface area contributed by atoms with Gasteiger partial charge in [-0.2, -0.15) is 0 Å². The summed E-state index contributed by atoms with van der Waals surface area (Å²) in [5, 5.41) is 0. The number of ketones is 1. The van der Waals surface area contributed by atoms with Gasteiger partial charge < -0.3 is 14.9 Å². The fraction of sp³-hybridized carbons (Fsp3) is 0.579. The number of hydrogen-bond donors (Lipinski definition) is 2. The Morgan fingerprint density at radius 3 is 2.24 bits per heavy atom. The Morgan fingerprint density at radius 2 is 1.43 bits per heavy atom. The predicted octanol–water partition coefficient (Wildman–Crippen LogP) is 7.12. The Balaban J connectivity index is 0.954. The van der Waals surface area contributed by atoms with E-state index in [1.807, 2.05) is 24.5 Å². The van der Waals surface area contributed by atoms with E-state index < -0.39 is 0 Å². The van der Waals surface area contributed by atoms with Gasteiger partial charge in [0.25, 0.3) is 0 Å². The highest BCUT2D eigenvalue weighted by Gasteiger charge is 2.34. The van der Waals surface area contributed by atoms with Gasteiger partial charge in [0.05, 0.1) is 36.7 Å². The first-order valence-corrected chi connectivity index (χ1v) is 17.9. The van der Waals surface area contributed by atoms with Crippen molar-refractivity contribution in [1.82, 2.24) is 29.7 Å². The molecular weight excluding hydrogens is 572 g/mol. The number of nitrogens with zero attached hydrogens (tertiary/aromatic N) is 4. The Labute approximate surface area is 273 Å². The van der Waals surface area contributed by atoms with E-state index in [0.717, 1.165) is 85.8 Å². The third kappa shape index (κ3) is 7.15. The van der Waals surface area contributed by atoms with Crippen molar-refractivity contribution in [3.05, 3.63) is 59.6 Å². The molecule has 0 spiro atoms. The minimum atomic E-state index is 0.0444. The molecule has 2 saturated carbocycles. The summed E-state index contributed by atoms with van der Waals surface area (Å²) in [6.07, 6.45) is 20.5. The molecule has 242 valence electrons. The molecule has 8 nitrogen and oxygen atoms in total. The summed E-state index contributed by atoms with van der Waals surface area (Å²) in [6.45, 7) is 2.32. The number of aromatic nitrogens is 4. The minimum Gasteiger partial charge on any atom is -0.340 e. The van der Waals surface area contributed by atoms with Crippen LogP contribution in [0.3, 0.4) is 0 Å². The SMILES string of the molecule is O=C(CN1CCC[C@H]1c1ncc(C#Cc2ccc(-c3cnc([C@@H]4CCCN4C(=O)CC4CCCCC4)[nH]3)cc2)[nH]1)C1CCCCC1. The molecule has 2 N–H and O–H groups in total. The normalized spacial score (nSPS) is 23.0. The van der Waals surface area contributed by atoms with Crippen molar-refractivity contribution in [2.75, 3.05) is 19.6 Å². The lowest BCUT2D eigenvalue weighted by Gasteiger charge is -2.27. The van der Waals surface area contributed by atoms with Crippen LogP contribution in [0.5, 0.6) is 0 Å². The largest absolute Gasteiger partial charge is 0.340 e. The Morgan fingerprint density at radius 1 is 0.739 bits per heavy atom. The van der Waals surface area contributed by atoms with Crippen LogP contribution >= 0.6 is 0 Å². The van der Waals surface area contributed by atoms with Gasteiger partial charge in [0.2, 0.25) is 5.91 Å². The zero-order valence-electron chi connectivity index (χ0n) is 27.1. The first-order valence-electron chi connectivity index (χ1n) is 17.9. The molecule has 2 aliphatic heterocycles. The van der Waals surface area contributed by atoms with Gasteiger partial charge in [-0.25, -0.2) is 9.97 Å². The van der Waals surface area contributed by atoms with E-state index in [4.69, 9.17) is 4.98 Å². The summed E-state index contributed by atoms with van der Waals surface area (Å²) in [5.74, 6) is 9.84. The van der Waals surface area contributed by atoms with Crippen molar-refractivity contribution in [2.45, 2.75) is 108 Å². The zero-order chi connectivity index (χ0) is 31.3. The van der Waals surface area contributed by atoms with Crippen molar-refractivity contribution in [1.29, 1.82) is 0 Å². The Kier molecular flexibility index (Phi) is 9.67. The van der Waals surface area contributed by atoms with E-state index in [0.29, 0.717) is 30.6 Å². The van der Waals surface area contributed by atoms with E-state index >= 15 is 0 Å². The molecule has 1 aromatic carbocycles. The molecule has 2 saturated heterocycles. The number of Topliss-reactive ketones (excluding diaryl/α,β-unsaturated/α-hetero) is 1. The summed E-state index contributed by atoms with van der Waals surface area (Å²) < 4.78 is 0. The topological polar surface area (TPSA) is 98.0 Å². The number of carbonyl (C=O) groups is 2. The zero-order valence-corrected chi connectivity index (χ0v) is 27.1. The van der Waals surface area contributed by atoms with Gasteiger partial charge in [-0.05, 0) is 87.4 Å². The van der Waals surface area contributed by atoms with Crippen LogP contribution in [0.2, 0.25) is 0 Å². The van der Waals surface area contributed by atoms with Crippen LogP contribution in [0.4, 0.5) is 0 Å². The molecule has 2 atom stereocenters. The van der Waals surface area contributed by atoms with Gasteiger partial charge in [-0.15, -0.1) is 0 Å². The summed E-state index contributed by atoms with van der Waals surface area (Å²) in [7, 11) is 0. The molecule has 2 aliphatic carbocycles. The lowest BCUT2D eigenvalue weighted by Crippen LogP contribution is -2.34. The maximum absolute atomic E-state index is 13.2. The van der Waals surface area contributed by atoms with Gasteiger partial charge in [0, 0.05) is 24.4 Å². The highest BCUT2D eigenvalue weighted by Crippen LogP contribution is 2.35. The predicted molar refractivity (Wildman–Crippen MR) is 179 cm³/mol. The molecule has 46 heavy (non-hydrogen) atoms. The highest BCUT2D eigenvalue weighted by atomic mass is 16.2. The van der Waals surface area contributed by atoms with E-state index in [9.17, 15) is 9.59 Å².